The summed E-state index contributed by atoms with van der Waals surface area (Å²) in [5.74, 6) is -3.02. The summed E-state index contributed by atoms with van der Waals surface area (Å²) in [5, 5.41) is 5.00. The van der Waals surface area contributed by atoms with Crippen molar-refractivity contribution in [2.45, 2.75) is 6.42 Å². The van der Waals surface area contributed by atoms with E-state index in [9.17, 15) is 19.2 Å². The topological polar surface area (TPSA) is 105 Å². The minimum Gasteiger partial charge on any atom is -0.492 e. The summed E-state index contributed by atoms with van der Waals surface area (Å²) in [6.07, 6.45) is -0.0233. The van der Waals surface area contributed by atoms with Gasteiger partial charge < -0.3 is 15.0 Å². The van der Waals surface area contributed by atoms with Gasteiger partial charge in [-0.05, 0) is 36.4 Å². The van der Waals surface area contributed by atoms with Gasteiger partial charge in [0.05, 0.1) is 12.5 Å². The highest BCUT2D eigenvalue weighted by Crippen LogP contribution is 2.24. The van der Waals surface area contributed by atoms with Crippen LogP contribution < -0.4 is 20.3 Å². The molecule has 3 rings (SSSR count). The zero-order valence-electron chi connectivity index (χ0n) is 16.0. The Bertz CT molecular complexity index is 933. The Kier molecular flexibility index (Phi) is 7.03. The standard InChI is InChI=1S/C21H20ClN3O5/c22-15-6-8-17(9-7-15)30-11-10-23-20(28)21(29)24-19(27)14-12-18(26)25(13-14)16-4-2-1-3-5-16/h1-9,14H,10-13H2,(H,23,28)(H,24,27,29). The molecular weight excluding hydrogens is 410 g/mol. The molecule has 4 amide bonds. The van der Waals surface area contributed by atoms with Gasteiger partial charge in [-0.25, -0.2) is 0 Å². The molecule has 1 heterocycles. The maximum atomic E-state index is 12.3. The third-order valence-corrected chi connectivity index (χ3v) is 4.73. The number of amides is 4. The molecule has 1 aliphatic rings. The van der Waals surface area contributed by atoms with E-state index in [0.717, 1.165) is 0 Å². The Labute approximate surface area is 178 Å². The average Bonchev–Trinajstić information content (AvgIpc) is 3.14. The Hall–Kier alpha value is -3.39. The number of carbonyl (C=O) groups excluding carboxylic acids is 4. The summed E-state index contributed by atoms with van der Waals surface area (Å²) in [5.41, 5.74) is 0.683. The Morgan fingerprint density at radius 1 is 1.03 bits per heavy atom. The van der Waals surface area contributed by atoms with Crippen molar-refractivity contribution in [3.05, 3.63) is 59.6 Å². The first kappa shape index (κ1) is 21.3. The minimum atomic E-state index is -1.07. The zero-order valence-corrected chi connectivity index (χ0v) is 16.7. The predicted molar refractivity (Wildman–Crippen MR) is 110 cm³/mol. The second kappa shape index (κ2) is 9.89. The van der Waals surface area contributed by atoms with Crippen LogP contribution in [0.4, 0.5) is 5.69 Å². The second-order valence-electron chi connectivity index (χ2n) is 6.62. The van der Waals surface area contributed by atoms with E-state index in [-0.39, 0.29) is 32.0 Å². The summed E-state index contributed by atoms with van der Waals surface area (Å²) in [6.45, 7) is 0.364. The van der Waals surface area contributed by atoms with E-state index in [4.69, 9.17) is 16.3 Å². The number of nitrogens with one attached hydrogen (secondary N) is 2. The molecule has 1 unspecified atom stereocenters. The molecule has 1 aliphatic heterocycles. The SMILES string of the molecule is O=C(NCCOc1ccc(Cl)cc1)C(=O)NC(=O)C1CC(=O)N(c2ccccc2)C1. The number of hydrogen-bond donors (Lipinski definition) is 2. The highest BCUT2D eigenvalue weighted by atomic mass is 35.5. The summed E-state index contributed by atoms with van der Waals surface area (Å²) in [7, 11) is 0. The van der Waals surface area contributed by atoms with Crippen LogP contribution >= 0.6 is 11.6 Å². The van der Waals surface area contributed by atoms with E-state index in [1.807, 2.05) is 6.07 Å². The van der Waals surface area contributed by atoms with Crippen LogP contribution in [0.15, 0.2) is 54.6 Å². The zero-order chi connectivity index (χ0) is 21.5. The van der Waals surface area contributed by atoms with E-state index in [1.165, 1.54) is 4.90 Å². The third-order valence-electron chi connectivity index (χ3n) is 4.48. The van der Waals surface area contributed by atoms with E-state index in [0.29, 0.717) is 16.5 Å². The molecule has 0 aliphatic carbocycles. The van der Waals surface area contributed by atoms with Gasteiger partial charge in [0.1, 0.15) is 12.4 Å². The first-order valence-corrected chi connectivity index (χ1v) is 9.68. The monoisotopic (exact) mass is 429 g/mol. The third kappa shape index (κ3) is 5.57. The van der Waals surface area contributed by atoms with Gasteiger partial charge in [0.25, 0.3) is 0 Å². The molecule has 9 heteroatoms. The predicted octanol–water partition coefficient (Wildman–Crippen LogP) is 1.53. The van der Waals surface area contributed by atoms with Gasteiger partial charge in [0, 0.05) is 23.7 Å². The smallest absolute Gasteiger partial charge is 0.315 e. The van der Waals surface area contributed by atoms with Crippen LogP contribution in [0.5, 0.6) is 5.75 Å². The summed E-state index contributed by atoms with van der Waals surface area (Å²) < 4.78 is 5.40. The van der Waals surface area contributed by atoms with Gasteiger partial charge in [-0.15, -0.1) is 0 Å². The van der Waals surface area contributed by atoms with Gasteiger partial charge in [0.2, 0.25) is 11.8 Å². The number of para-hydroxylation sites is 1. The maximum absolute atomic E-state index is 12.3. The highest BCUT2D eigenvalue weighted by molar-refractivity contribution is 6.38. The van der Waals surface area contributed by atoms with Crippen LogP contribution in [0, 0.1) is 5.92 Å². The van der Waals surface area contributed by atoms with Gasteiger partial charge in [-0.1, -0.05) is 29.8 Å². The lowest BCUT2D eigenvalue weighted by Gasteiger charge is -2.16. The molecule has 8 nitrogen and oxygen atoms in total. The number of imide groups is 1. The first-order chi connectivity index (χ1) is 14.4. The van der Waals surface area contributed by atoms with Crippen LogP contribution in [0.2, 0.25) is 5.02 Å². The molecule has 1 atom stereocenters. The quantitative estimate of drug-likeness (QED) is 0.535. The van der Waals surface area contributed by atoms with Crippen molar-refractivity contribution in [2.75, 3.05) is 24.6 Å². The molecule has 30 heavy (non-hydrogen) atoms. The number of ether oxygens (including phenoxy) is 1. The molecule has 2 aromatic rings. The van der Waals surface area contributed by atoms with Gasteiger partial charge >= 0.3 is 11.8 Å². The molecule has 0 spiro atoms. The molecule has 1 saturated heterocycles. The van der Waals surface area contributed by atoms with Crippen LogP contribution in [-0.4, -0.2) is 43.3 Å². The van der Waals surface area contributed by atoms with Crippen molar-refractivity contribution >= 4 is 40.9 Å². The van der Waals surface area contributed by atoms with Crippen molar-refractivity contribution in [1.29, 1.82) is 0 Å². The molecule has 156 valence electrons. The fourth-order valence-corrected chi connectivity index (χ4v) is 3.08. The first-order valence-electron chi connectivity index (χ1n) is 9.31. The number of hydrogen-bond acceptors (Lipinski definition) is 5. The molecule has 0 bridgehead atoms. The normalized spacial score (nSPS) is 15.6. The van der Waals surface area contributed by atoms with Crippen molar-refractivity contribution < 1.29 is 23.9 Å². The summed E-state index contributed by atoms with van der Waals surface area (Å²) in [6, 6.07) is 15.6. The van der Waals surface area contributed by atoms with Crippen LogP contribution in [0.3, 0.4) is 0 Å². The Balaban J connectivity index is 1.41. The number of halogens is 1. The number of nitrogens with zero attached hydrogens (tertiary/aromatic N) is 1. The summed E-state index contributed by atoms with van der Waals surface area (Å²) in [4.78, 5) is 49.8. The second-order valence-corrected chi connectivity index (χ2v) is 7.05. The van der Waals surface area contributed by atoms with E-state index in [1.54, 1.807) is 48.5 Å². The fourth-order valence-electron chi connectivity index (χ4n) is 2.96. The number of anilines is 1. The maximum Gasteiger partial charge on any atom is 0.315 e. The highest BCUT2D eigenvalue weighted by Gasteiger charge is 2.36. The Morgan fingerprint density at radius 3 is 2.43 bits per heavy atom. The minimum absolute atomic E-state index is 0.0233. The molecule has 2 aromatic carbocycles. The van der Waals surface area contributed by atoms with Crippen molar-refractivity contribution in [3.63, 3.8) is 0 Å². The summed E-state index contributed by atoms with van der Waals surface area (Å²) >= 11 is 5.78. The van der Waals surface area contributed by atoms with Crippen molar-refractivity contribution in [1.82, 2.24) is 10.6 Å². The van der Waals surface area contributed by atoms with Gasteiger partial charge in [0.15, 0.2) is 0 Å². The fraction of sp³-hybridized carbons (Fsp3) is 0.238. The van der Waals surface area contributed by atoms with Crippen molar-refractivity contribution in [3.8, 4) is 5.75 Å². The molecule has 0 aromatic heterocycles. The van der Waals surface area contributed by atoms with E-state index >= 15 is 0 Å². The van der Waals surface area contributed by atoms with Gasteiger partial charge in [-0.2, -0.15) is 0 Å². The number of carbonyl (C=O) groups is 4. The lowest BCUT2D eigenvalue weighted by atomic mass is 10.1. The molecule has 1 fully saturated rings. The van der Waals surface area contributed by atoms with Crippen LogP contribution in [0.1, 0.15) is 6.42 Å². The molecular formula is C21H20ClN3O5. The van der Waals surface area contributed by atoms with E-state index < -0.39 is 23.6 Å². The van der Waals surface area contributed by atoms with E-state index in [2.05, 4.69) is 10.6 Å². The van der Waals surface area contributed by atoms with Gasteiger partial charge in [-0.3, -0.25) is 24.5 Å². The lowest BCUT2D eigenvalue weighted by molar-refractivity contribution is -0.143. The number of benzene rings is 2. The molecule has 2 N–H and O–H groups in total. The van der Waals surface area contributed by atoms with Crippen molar-refractivity contribution in [2.24, 2.45) is 5.92 Å². The molecule has 0 radical (unpaired) electrons. The van der Waals surface area contributed by atoms with Crippen LogP contribution in [0.25, 0.3) is 0 Å². The Morgan fingerprint density at radius 2 is 1.73 bits per heavy atom. The number of rotatable bonds is 6. The van der Waals surface area contributed by atoms with Crippen LogP contribution in [-0.2, 0) is 19.2 Å². The molecule has 0 saturated carbocycles. The largest absolute Gasteiger partial charge is 0.492 e. The average molecular weight is 430 g/mol. The lowest BCUT2D eigenvalue weighted by Crippen LogP contribution is -2.46.